The summed E-state index contributed by atoms with van der Waals surface area (Å²) in [7, 11) is 1.69. The Kier molecular flexibility index (Phi) is 5.45. The van der Waals surface area contributed by atoms with Gasteiger partial charge in [-0.1, -0.05) is 6.92 Å². The molecule has 3 fully saturated rings. The second-order valence-electron chi connectivity index (χ2n) is 10.1. The van der Waals surface area contributed by atoms with E-state index in [-0.39, 0.29) is 0 Å². The van der Waals surface area contributed by atoms with Gasteiger partial charge in [-0.15, -0.1) is 12.3 Å². The third kappa shape index (κ3) is 3.22. The Balaban J connectivity index is 1.49. The molecule has 3 aliphatic carbocycles. The van der Waals surface area contributed by atoms with Crippen molar-refractivity contribution < 1.29 is 9.47 Å². The summed E-state index contributed by atoms with van der Waals surface area (Å²) in [5.41, 5.74) is 4.71. The lowest BCUT2D eigenvalue weighted by Gasteiger charge is -2.50. The topological polar surface area (TPSA) is 33.7 Å². The number of nitrogens with zero attached hydrogens (tertiary/aromatic N) is 1. The van der Waals surface area contributed by atoms with Gasteiger partial charge in [0.1, 0.15) is 5.75 Å². The van der Waals surface area contributed by atoms with Gasteiger partial charge in [-0.3, -0.25) is 0 Å². The smallest absolute Gasteiger partial charge is 0.188 e. The van der Waals surface area contributed by atoms with Gasteiger partial charge in [0.2, 0.25) is 0 Å². The van der Waals surface area contributed by atoms with Crippen LogP contribution in [0.5, 0.6) is 5.75 Å². The maximum Gasteiger partial charge on any atom is 0.188 e. The molecular formula is C26H36N2O2. The number of ether oxygens (including phenoxy) is 2. The Labute approximate surface area is 181 Å². The zero-order valence-corrected chi connectivity index (χ0v) is 18.6. The SMILES string of the molecule is C#C[C@H]1CC[C@H]2[C@@H]3CCc4cc(OCOC)c(N5CCNCC5)cc4[C@H]3CC[C@]12C. The molecule has 0 unspecified atom stereocenters. The van der Waals surface area contributed by atoms with Crippen molar-refractivity contribution in [3.8, 4) is 18.1 Å². The molecule has 1 saturated heterocycles. The third-order valence-corrected chi connectivity index (χ3v) is 8.80. The van der Waals surface area contributed by atoms with E-state index >= 15 is 0 Å². The number of fused-ring (bicyclic) bond motifs is 5. The van der Waals surface area contributed by atoms with Crippen molar-refractivity contribution in [3.05, 3.63) is 23.3 Å². The van der Waals surface area contributed by atoms with E-state index in [9.17, 15) is 0 Å². The van der Waals surface area contributed by atoms with E-state index in [0.717, 1.165) is 50.2 Å². The number of methoxy groups -OCH3 is 1. The van der Waals surface area contributed by atoms with Gasteiger partial charge in [-0.25, -0.2) is 0 Å². The third-order valence-electron chi connectivity index (χ3n) is 8.80. The van der Waals surface area contributed by atoms with Crippen molar-refractivity contribution in [2.45, 2.75) is 51.4 Å². The van der Waals surface area contributed by atoms with E-state index in [4.69, 9.17) is 15.9 Å². The van der Waals surface area contributed by atoms with Crippen LogP contribution in [-0.2, 0) is 11.2 Å². The Morgan fingerprint density at radius 1 is 1.20 bits per heavy atom. The molecule has 1 aliphatic heterocycles. The summed E-state index contributed by atoms with van der Waals surface area (Å²) in [5.74, 6) is 6.88. The number of piperazine rings is 1. The Bertz CT molecular complexity index is 825. The van der Waals surface area contributed by atoms with Gasteiger partial charge in [-0.2, -0.15) is 0 Å². The van der Waals surface area contributed by atoms with E-state index in [2.05, 4.69) is 35.2 Å². The highest BCUT2D eigenvalue weighted by Gasteiger charge is 2.54. The number of benzene rings is 1. The van der Waals surface area contributed by atoms with Crippen LogP contribution < -0.4 is 15.0 Å². The molecule has 2 saturated carbocycles. The predicted octanol–water partition coefficient (Wildman–Crippen LogP) is 4.18. The van der Waals surface area contributed by atoms with Gasteiger partial charge in [-0.05, 0) is 85.0 Å². The fraction of sp³-hybridized carbons (Fsp3) is 0.692. The molecule has 4 heteroatoms. The quantitative estimate of drug-likeness (QED) is 0.598. The number of hydrogen-bond acceptors (Lipinski definition) is 4. The lowest BCUT2D eigenvalue weighted by atomic mass is 9.54. The number of terminal acetylenes is 1. The molecule has 30 heavy (non-hydrogen) atoms. The first-order valence-corrected chi connectivity index (χ1v) is 11.9. The van der Waals surface area contributed by atoms with E-state index in [0.29, 0.717) is 24.0 Å². The Hall–Kier alpha value is -1.70. The van der Waals surface area contributed by atoms with Crippen LogP contribution in [0.3, 0.4) is 0 Å². The number of rotatable bonds is 4. The molecule has 162 valence electrons. The molecule has 5 rings (SSSR count). The summed E-state index contributed by atoms with van der Waals surface area (Å²) in [6.45, 7) is 6.91. The second-order valence-corrected chi connectivity index (χ2v) is 10.1. The Morgan fingerprint density at radius 2 is 2.03 bits per heavy atom. The van der Waals surface area contributed by atoms with Crippen LogP contribution in [0, 0.1) is 35.5 Å². The van der Waals surface area contributed by atoms with Crippen LogP contribution in [0.15, 0.2) is 12.1 Å². The summed E-state index contributed by atoms with van der Waals surface area (Å²) < 4.78 is 11.3. The van der Waals surface area contributed by atoms with E-state index in [1.807, 2.05) is 0 Å². The van der Waals surface area contributed by atoms with Crippen molar-refractivity contribution in [2.75, 3.05) is 45.0 Å². The second kappa shape index (κ2) is 8.09. The first-order chi connectivity index (χ1) is 14.7. The Morgan fingerprint density at radius 3 is 2.80 bits per heavy atom. The molecule has 4 nitrogen and oxygen atoms in total. The van der Waals surface area contributed by atoms with Gasteiger partial charge in [0.05, 0.1) is 5.69 Å². The van der Waals surface area contributed by atoms with E-state index in [1.54, 1.807) is 12.7 Å². The molecule has 0 amide bonds. The summed E-state index contributed by atoms with van der Waals surface area (Å²) in [6.07, 6.45) is 13.5. The number of anilines is 1. The van der Waals surface area contributed by atoms with Gasteiger partial charge >= 0.3 is 0 Å². The van der Waals surface area contributed by atoms with Crippen molar-refractivity contribution in [3.63, 3.8) is 0 Å². The van der Waals surface area contributed by atoms with Crippen LogP contribution in [0.1, 0.15) is 56.1 Å². The van der Waals surface area contributed by atoms with Gasteiger partial charge in [0.15, 0.2) is 6.79 Å². The first-order valence-electron chi connectivity index (χ1n) is 11.9. The van der Waals surface area contributed by atoms with Crippen LogP contribution in [0.2, 0.25) is 0 Å². The molecule has 1 N–H and O–H groups in total. The molecule has 1 aromatic carbocycles. The summed E-state index contributed by atoms with van der Waals surface area (Å²) in [4.78, 5) is 2.49. The zero-order chi connectivity index (χ0) is 20.7. The molecule has 4 aliphatic rings. The minimum atomic E-state index is 0.303. The molecule has 1 aromatic rings. The maximum atomic E-state index is 6.05. The van der Waals surface area contributed by atoms with Gasteiger partial charge < -0.3 is 19.7 Å². The van der Waals surface area contributed by atoms with E-state index in [1.165, 1.54) is 43.4 Å². The molecule has 0 spiro atoms. The summed E-state index contributed by atoms with van der Waals surface area (Å²) >= 11 is 0. The molecule has 5 atom stereocenters. The molecule has 0 aromatic heterocycles. The summed E-state index contributed by atoms with van der Waals surface area (Å²) in [5, 5.41) is 3.47. The fourth-order valence-electron chi connectivity index (χ4n) is 7.25. The van der Waals surface area contributed by atoms with E-state index < -0.39 is 0 Å². The molecular weight excluding hydrogens is 372 g/mol. The van der Waals surface area contributed by atoms with Crippen LogP contribution in [0.4, 0.5) is 5.69 Å². The fourth-order valence-corrected chi connectivity index (χ4v) is 7.25. The number of aryl methyl sites for hydroxylation is 1. The zero-order valence-electron chi connectivity index (χ0n) is 18.6. The monoisotopic (exact) mass is 408 g/mol. The number of nitrogens with one attached hydrogen (secondary N) is 1. The lowest BCUT2D eigenvalue weighted by Crippen LogP contribution is -2.44. The highest BCUT2D eigenvalue weighted by atomic mass is 16.7. The average molecular weight is 409 g/mol. The van der Waals surface area contributed by atoms with Gasteiger partial charge in [0, 0.05) is 39.2 Å². The van der Waals surface area contributed by atoms with Gasteiger partial charge in [0.25, 0.3) is 0 Å². The van der Waals surface area contributed by atoms with Crippen LogP contribution in [0.25, 0.3) is 0 Å². The standard InChI is InChI=1S/C26H36N2O2/c1-4-19-6-8-23-21-7-5-18-15-25(30-17-29-3)24(28-13-11-27-12-14-28)16-22(18)20(21)9-10-26(19,23)2/h1,15-16,19-21,23,27H,5-14,17H2,2-3H3/t19-,20-,21+,23-,26+/m0/s1. The number of hydrogen-bond donors (Lipinski definition) is 1. The minimum Gasteiger partial charge on any atom is -0.465 e. The largest absolute Gasteiger partial charge is 0.465 e. The predicted molar refractivity (Wildman–Crippen MR) is 121 cm³/mol. The molecule has 0 radical (unpaired) electrons. The normalized spacial score (nSPS) is 35.2. The van der Waals surface area contributed by atoms with Crippen LogP contribution in [-0.4, -0.2) is 40.1 Å². The van der Waals surface area contributed by atoms with Crippen LogP contribution >= 0.6 is 0 Å². The van der Waals surface area contributed by atoms with Crippen molar-refractivity contribution in [1.82, 2.24) is 5.32 Å². The van der Waals surface area contributed by atoms with Crippen molar-refractivity contribution in [2.24, 2.45) is 23.2 Å². The highest BCUT2D eigenvalue weighted by Crippen LogP contribution is 2.63. The highest BCUT2D eigenvalue weighted by molar-refractivity contribution is 5.63. The minimum absolute atomic E-state index is 0.303. The summed E-state index contributed by atoms with van der Waals surface area (Å²) in [6, 6.07) is 4.81. The molecule has 0 bridgehead atoms. The lowest BCUT2D eigenvalue weighted by molar-refractivity contribution is 0.0425. The van der Waals surface area contributed by atoms with Crippen molar-refractivity contribution in [1.29, 1.82) is 0 Å². The average Bonchev–Trinajstić information content (AvgIpc) is 3.13. The first kappa shape index (κ1) is 20.2. The van der Waals surface area contributed by atoms with Crippen molar-refractivity contribution >= 4 is 5.69 Å². The maximum absolute atomic E-state index is 6.05. The molecule has 1 heterocycles.